The van der Waals surface area contributed by atoms with Crippen molar-refractivity contribution in [1.82, 2.24) is 0 Å². The van der Waals surface area contributed by atoms with E-state index in [-0.39, 0.29) is 18.9 Å². The van der Waals surface area contributed by atoms with Crippen molar-refractivity contribution in [3.63, 3.8) is 0 Å². The summed E-state index contributed by atoms with van der Waals surface area (Å²) in [6.45, 7) is 13.2. The maximum absolute atomic E-state index is 14.2. The average Bonchev–Trinajstić information content (AvgIpc) is 0.773. The third-order valence-electron chi connectivity index (χ3n) is 19.6. The van der Waals surface area contributed by atoms with Crippen LogP contribution in [-0.4, -0.2) is 254 Å². The van der Waals surface area contributed by atoms with Crippen LogP contribution in [0.2, 0.25) is 0 Å². The van der Waals surface area contributed by atoms with Gasteiger partial charge >= 0.3 is 23.9 Å². The van der Waals surface area contributed by atoms with Crippen molar-refractivity contribution in [3.8, 4) is 0 Å². The minimum absolute atomic E-state index is 0.0615. The van der Waals surface area contributed by atoms with E-state index in [4.69, 9.17) is 66.3 Å². The standard InChI is InChI=1S/C68H118O28/c1-10-13-15-16-17-18-21-24-28-32-45(72)89-58-53(80)55(94-68-61(96-64-51(78)49(76)47(74)43(34-69)87-64)60(92-63(82)37(5)38(6)71)56(41(9)85-68)91-62(81)36(4)12-3)40(8)83-65(58)93-54-39(7)84-66-59(52(54)79)90-46(73)33-29-25-22-19-20-23-27-31-42(30-26-14-11-2)86-67-57(95-66)50(77)48(75)44(35-70)88-67/h36-44,47-61,64-71,74-80H,10-35H2,1-9H3/t36?,37?,38?,39-,40-,41-,42?,43+,44+,47+,48+,49-,50-,51+,52+,53+,54-,55-,56-,57+,58+,59+,60+,61+,64-,65-,66+,67+,68-/m0/s1. The highest BCUT2D eigenvalue weighted by molar-refractivity contribution is 5.74. The molecule has 0 aromatic heterocycles. The van der Waals surface area contributed by atoms with E-state index in [0.29, 0.717) is 44.9 Å². The van der Waals surface area contributed by atoms with Gasteiger partial charge in [-0.1, -0.05) is 137 Å². The number of esters is 4. The topological polar surface area (TPSA) is 400 Å². The third-order valence-corrected chi connectivity index (χ3v) is 19.6. The lowest BCUT2D eigenvalue weighted by molar-refractivity contribution is -0.396. The molecule has 6 saturated heterocycles. The summed E-state index contributed by atoms with van der Waals surface area (Å²) in [5.74, 6) is -5.16. The zero-order chi connectivity index (χ0) is 70.3. The second kappa shape index (κ2) is 41.2. The fourth-order valence-corrected chi connectivity index (χ4v) is 12.9. The summed E-state index contributed by atoms with van der Waals surface area (Å²) in [6, 6.07) is 0. The van der Waals surface area contributed by atoms with E-state index in [0.717, 1.165) is 96.3 Å². The molecule has 0 aliphatic carbocycles. The Labute approximate surface area is 565 Å². The number of hydrogen-bond donors (Lipinski definition) is 10. The van der Waals surface area contributed by atoms with Crippen LogP contribution in [0.15, 0.2) is 0 Å². The van der Waals surface area contributed by atoms with Gasteiger partial charge in [-0.3, -0.25) is 19.2 Å². The predicted molar refractivity (Wildman–Crippen MR) is 338 cm³/mol. The number of carbonyl (C=O) groups is 4. The zero-order valence-corrected chi connectivity index (χ0v) is 57.9. The van der Waals surface area contributed by atoms with Crippen LogP contribution >= 0.6 is 0 Å². The van der Waals surface area contributed by atoms with Crippen LogP contribution < -0.4 is 0 Å². The third kappa shape index (κ3) is 23.0. The molecule has 6 fully saturated rings. The van der Waals surface area contributed by atoms with Crippen molar-refractivity contribution in [2.24, 2.45) is 11.8 Å². The van der Waals surface area contributed by atoms with Crippen LogP contribution in [0, 0.1) is 11.8 Å². The molecule has 28 nitrogen and oxygen atoms in total. The molecule has 0 spiro atoms. The minimum Gasteiger partial charge on any atom is -0.455 e. The van der Waals surface area contributed by atoms with Crippen LogP contribution in [0.1, 0.15) is 216 Å². The zero-order valence-electron chi connectivity index (χ0n) is 57.9. The van der Waals surface area contributed by atoms with Crippen LogP contribution in [0.5, 0.6) is 0 Å². The van der Waals surface area contributed by atoms with E-state index in [1.54, 1.807) is 13.8 Å². The molecule has 4 unspecified atom stereocenters. The first-order chi connectivity index (χ1) is 45.9. The van der Waals surface area contributed by atoms with Crippen LogP contribution in [0.3, 0.4) is 0 Å². The fourth-order valence-electron chi connectivity index (χ4n) is 12.9. The highest BCUT2D eigenvalue weighted by atomic mass is 16.8. The van der Waals surface area contributed by atoms with E-state index in [1.807, 2.05) is 0 Å². The number of unbranched alkanes of at least 4 members (excludes halogenated alkanes) is 10. The van der Waals surface area contributed by atoms with Crippen LogP contribution in [0.25, 0.3) is 0 Å². The molecule has 6 rings (SSSR count). The van der Waals surface area contributed by atoms with Crippen molar-refractivity contribution < 1.29 is 137 Å². The molecule has 6 heterocycles. The van der Waals surface area contributed by atoms with Crippen molar-refractivity contribution >= 4 is 23.9 Å². The number of rotatable bonds is 29. The molecule has 29 atom stereocenters. The molecule has 0 radical (unpaired) electrons. The molecule has 10 N–H and O–H groups in total. The Morgan fingerprint density at radius 3 is 1.62 bits per heavy atom. The van der Waals surface area contributed by atoms with Gasteiger partial charge in [0, 0.05) is 12.8 Å². The van der Waals surface area contributed by atoms with Gasteiger partial charge in [-0.2, -0.15) is 0 Å². The van der Waals surface area contributed by atoms with E-state index in [9.17, 15) is 70.2 Å². The molecule has 0 bridgehead atoms. The molecule has 558 valence electrons. The summed E-state index contributed by atoms with van der Waals surface area (Å²) in [4.78, 5) is 55.7. The highest BCUT2D eigenvalue weighted by Crippen LogP contribution is 2.40. The number of aliphatic hydroxyl groups is 10. The predicted octanol–water partition coefficient (Wildman–Crippen LogP) is 3.84. The van der Waals surface area contributed by atoms with Gasteiger partial charge in [0.15, 0.2) is 62.0 Å². The van der Waals surface area contributed by atoms with E-state index in [1.165, 1.54) is 34.6 Å². The lowest BCUT2D eigenvalue weighted by Crippen LogP contribution is -2.68. The Balaban J connectivity index is 1.35. The first-order valence-electron chi connectivity index (χ1n) is 35.9. The Morgan fingerprint density at radius 2 is 1.00 bits per heavy atom. The molecule has 0 saturated carbocycles. The van der Waals surface area contributed by atoms with Crippen molar-refractivity contribution in [1.29, 1.82) is 0 Å². The van der Waals surface area contributed by atoms with Crippen molar-refractivity contribution in [3.05, 3.63) is 0 Å². The maximum Gasteiger partial charge on any atom is 0.311 e. The van der Waals surface area contributed by atoms with Gasteiger partial charge < -0.3 is 117 Å². The Hall–Kier alpha value is -2.92. The molecule has 0 amide bonds. The molecule has 96 heavy (non-hydrogen) atoms. The molecule has 0 aromatic carbocycles. The van der Waals surface area contributed by atoms with Crippen LogP contribution in [0.4, 0.5) is 0 Å². The molecular weight excluding hydrogens is 1260 g/mol. The molecule has 0 aromatic rings. The molecule has 6 aliphatic rings. The van der Waals surface area contributed by atoms with Gasteiger partial charge in [-0.25, -0.2) is 0 Å². The highest BCUT2D eigenvalue weighted by Gasteiger charge is 2.59. The normalized spacial score (nSPS) is 39.5. The van der Waals surface area contributed by atoms with Gasteiger partial charge in [0.1, 0.15) is 73.2 Å². The number of ether oxygens (including phenoxy) is 14. The van der Waals surface area contributed by atoms with E-state index in [2.05, 4.69) is 13.8 Å². The largest absolute Gasteiger partial charge is 0.455 e. The van der Waals surface area contributed by atoms with Gasteiger partial charge in [-0.15, -0.1) is 0 Å². The SMILES string of the molecule is CCCCCCCCCCCC(=O)O[C@H]1[C@H](O[C@@H]2[C@@H](O)[C@H]3OC(=O)CCCCCCCCCC(CCCCC)O[C@@H]4O[C@H](CO)[C@@H](O)[C@H](O)[C@H]4O[C@H]3O[C@H]2C)O[C@@H](C)[C@H](O[C@@H]2O[C@@H](C)[C@H](OC(=O)C(C)CC)[C@@H](OC(=O)C(C)C(C)O)[C@H]2O[C@@H]2O[C@H](CO)[C@@H](O)[C@H](O)[C@H]2O)[C@H]1O. The van der Waals surface area contributed by atoms with E-state index < -0.39 is 209 Å². The Kier molecular flexibility index (Phi) is 35.3. The Morgan fingerprint density at radius 1 is 0.479 bits per heavy atom. The monoisotopic (exact) mass is 1380 g/mol. The fraction of sp³-hybridized carbons (Fsp3) is 0.941. The lowest BCUT2D eigenvalue weighted by atomic mass is 9.95. The summed E-state index contributed by atoms with van der Waals surface area (Å²) in [6.07, 6.45) is -25.2. The summed E-state index contributed by atoms with van der Waals surface area (Å²) < 4.78 is 88.2. The summed E-state index contributed by atoms with van der Waals surface area (Å²) in [5, 5.41) is 113. The summed E-state index contributed by atoms with van der Waals surface area (Å²) in [7, 11) is 0. The number of aliphatic hydroxyl groups excluding tert-OH is 10. The number of fused-ring (bicyclic) bond motifs is 2. The maximum atomic E-state index is 14.2. The average molecular weight is 1380 g/mol. The van der Waals surface area contributed by atoms with Crippen molar-refractivity contribution in [2.45, 2.75) is 382 Å². The van der Waals surface area contributed by atoms with Crippen LogP contribution in [-0.2, 0) is 85.5 Å². The van der Waals surface area contributed by atoms with Gasteiger partial charge in [0.05, 0.1) is 55.6 Å². The summed E-state index contributed by atoms with van der Waals surface area (Å²) >= 11 is 0. The first kappa shape index (κ1) is 82.0. The molecule has 6 aliphatic heterocycles. The quantitative estimate of drug-likeness (QED) is 0.0289. The Bertz CT molecular complexity index is 2250. The summed E-state index contributed by atoms with van der Waals surface area (Å²) in [5.41, 5.74) is 0. The molecular formula is C68H118O28. The smallest absolute Gasteiger partial charge is 0.311 e. The number of carbonyl (C=O) groups excluding carboxylic acids is 4. The second-order valence-electron chi connectivity index (χ2n) is 27.3. The molecule has 28 heteroatoms. The van der Waals surface area contributed by atoms with E-state index >= 15 is 0 Å². The lowest BCUT2D eigenvalue weighted by Gasteiger charge is -2.50. The first-order valence-corrected chi connectivity index (χ1v) is 35.9. The van der Waals surface area contributed by atoms with Gasteiger partial charge in [-0.05, 0) is 66.7 Å². The van der Waals surface area contributed by atoms with Gasteiger partial charge in [0.2, 0.25) is 0 Å². The van der Waals surface area contributed by atoms with Gasteiger partial charge in [0.25, 0.3) is 0 Å². The number of hydrogen-bond acceptors (Lipinski definition) is 28. The minimum atomic E-state index is -2.05. The second-order valence-corrected chi connectivity index (χ2v) is 27.3. The van der Waals surface area contributed by atoms with Crippen molar-refractivity contribution in [2.75, 3.05) is 13.2 Å².